The molecule has 0 saturated carbocycles. The molecule has 5 heterocycles. The zero-order valence-corrected chi connectivity index (χ0v) is 31.9. The molecular formula is C40H42N4O16. The van der Waals surface area contributed by atoms with Crippen LogP contribution in [0.1, 0.15) is 109 Å². The van der Waals surface area contributed by atoms with Crippen molar-refractivity contribution in [2.24, 2.45) is 0 Å². The summed E-state index contributed by atoms with van der Waals surface area (Å²) in [7, 11) is 0. The first kappa shape index (κ1) is 43.7. The summed E-state index contributed by atoms with van der Waals surface area (Å²) in [5, 5.41) is 78.8. The van der Waals surface area contributed by atoms with Crippen molar-refractivity contribution in [1.82, 2.24) is 19.9 Å². The largest absolute Gasteiger partial charge is 0.481 e. The van der Waals surface area contributed by atoms with Crippen molar-refractivity contribution in [3.63, 3.8) is 0 Å². The highest BCUT2D eigenvalue weighted by Gasteiger charge is 2.30. The number of aromatic nitrogens is 4. The third kappa shape index (κ3) is 10.6. The number of hydrogen-bond donors (Lipinski definition) is 12. The quantitative estimate of drug-likeness (QED) is 0.0531. The van der Waals surface area contributed by atoms with Crippen LogP contribution < -0.4 is 0 Å². The maximum Gasteiger partial charge on any atom is 0.328 e. The predicted octanol–water partition coefficient (Wildman–Crippen LogP) is 2.33. The minimum atomic E-state index is -1.37. The molecule has 0 atom stereocenters. The lowest BCUT2D eigenvalue weighted by Crippen LogP contribution is -2.09. The SMILES string of the molecule is O=C(O)/C=C/c1c2[nH]c(c1CC(=O)O)Cc1[nH]c(c(CC(=O)O)c1CCC(=O)O)Cc1[nH]c(c(CC(=O)O)c1CCC(=O)O)Cc1[nH]c(c(CC(=O)O)c1CCC(=O)O)C2. The Morgan fingerprint density at radius 2 is 0.633 bits per heavy atom. The molecule has 4 aromatic rings. The number of carbonyl (C=O) groups is 8. The summed E-state index contributed by atoms with van der Waals surface area (Å²) in [6.07, 6.45) is -3.05. The molecule has 0 aliphatic carbocycles. The van der Waals surface area contributed by atoms with Crippen LogP contribution in [-0.4, -0.2) is 109 Å². The van der Waals surface area contributed by atoms with Crippen molar-refractivity contribution in [2.45, 2.75) is 89.9 Å². The molecular weight excluding hydrogens is 792 g/mol. The number of carboxylic acid groups (broad SMARTS) is 8. The summed E-state index contributed by atoms with van der Waals surface area (Å²) < 4.78 is 0. The number of carboxylic acids is 8. The standard InChI is InChI=1S/C40H42N4O16/c45-33(46)5-1-17-21(9-37(53)54)29-14-26-19(3-7-35(49)50)23(11-39(57)58)31(43-26)16-28-20(4-8-36(51)52)24(12-40(59)60)32(44-28)15-27-18(2-6-34(47)48)22(10-38(55)56)30(42-27)13-25(17)41-29/h1,5,41-44H,2-4,6-16H2,(H,45,46)(H,47,48)(H,49,50)(H,51,52)(H,53,54)(H,55,56)(H,57,58)(H,59,60)/b5-1+. The lowest BCUT2D eigenvalue weighted by atomic mass is 9.93. The van der Waals surface area contributed by atoms with Crippen molar-refractivity contribution >= 4 is 53.8 Å². The van der Waals surface area contributed by atoms with Gasteiger partial charge in [-0.05, 0) is 69.8 Å². The van der Waals surface area contributed by atoms with Gasteiger partial charge in [-0.2, -0.15) is 0 Å². The van der Waals surface area contributed by atoms with Gasteiger partial charge < -0.3 is 60.8 Å². The zero-order chi connectivity index (χ0) is 44.0. The van der Waals surface area contributed by atoms with Gasteiger partial charge in [0.15, 0.2) is 0 Å². The van der Waals surface area contributed by atoms with Crippen molar-refractivity contribution in [2.75, 3.05) is 0 Å². The second kappa shape index (κ2) is 18.5. The van der Waals surface area contributed by atoms with Gasteiger partial charge in [0, 0.05) is 96.6 Å². The van der Waals surface area contributed by atoms with Gasteiger partial charge in [0.25, 0.3) is 0 Å². The van der Waals surface area contributed by atoms with E-state index in [1.165, 1.54) is 6.08 Å². The average Bonchev–Trinajstić information content (AvgIpc) is 3.81. The van der Waals surface area contributed by atoms with Gasteiger partial charge in [0.05, 0.1) is 25.7 Å². The van der Waals surface area contributed by atoms with Crippen LogP contribution in [0.15, 0.2) is 6.08 Å². The molecule has 20 heteroatoms. The van der Waals surface area contributed by atoms with Gasteiger partial charge in [0.1, 0.15) is 0 Å². The third-order valence-corrected chi connectivity index (χ3v) is 10.4. The Bertz CT molecular complexity index is 2420. The highest BCUT2D eigenvalue weighted by molar-refractivity contribution is 5.87. The summed E-state index contributed by atoms with van der Waals surface area (Å²) in [6.45, 7) is 0. The zero-order valence-electron chi connectivity index (χ0n) is 31.9. The van der Waals surface area contributed by atoms with Gasteiger partial charge in [-0.25, -0.2) is 4.79 Å². The summed E-state index contributed by atoms with van der Waals surface area (Å²) in [6, 6.07) is 0. The number of hydrogen-bond acceptors (Lipinski definition) is 8. The molecule has 0 spiro atoms. The first-order valence-corrected chi connectivity index (χ1v) is 18.6. The maximum atomic E-state index is 12.3. The van der Waals surface area contributed by atoms with Crippen LogP contribution in [-0.2, 0) is 109 Å². The van der Waals surface area contributed by atoms with E-state index in [0.29, 0.717) is 28.1 Å². The second-order valence-corrected chi connectivity index (χ2v) is 14.4. The van der Waals surface area contributed by atoms with E-state index in [4.69, 9.17) is 0 Å². The van der Waals surface area contributed by atoms with Crippen LogP contribution in [0.2, 0.25) is 0 Å². The van der Waals surface area contributed by atoms with Gasteiger partial charge in [-0.15, -0.1) is 0 Å². The van der Waals surface area contributed by atoms with E-state index in [1.54, 1.807) is 0 Å². The van der Waals surface area contributed by atoms with Crippen LogP contribution in [0.5, 0.6) is 0 Å². The van der Waals surface area contributed by atoms with Crippen LogP contribution in [0.25, 0.3) is 6.08 Å². The Labute approximate surface area is 338 Å². The fourth-order valence-electron chi connectivity index (χ4n) is 8.07. The normalized spacial score (nSPS) is 12.4. The molecule has 1 aliphatic rings. The molecule has 5 rings (SSSR count). The van der Waals surface area contributed by atoms with Crippen LogP contribution in [0, 0.1) is 0 Å². The van der Waals surface area contributed by atoms with E-state index >= 15 is 0 Å². The number of H-pyrrole nitrogens is 4. The molecule has 60 heavy (non-hydrogen) atoms. The van der Waals surface area contributed by atoms with Gasteiger partial charge in [-0.1, -0.05) is 0 Å². The van der Waals surface area contributed by atoms with Crippen LogP contribution in [0.3, 0.4) is 0 Å². The molecule has 0 aromatic carbocycles. The summed E-state index contributed by atoms with van der Waals surface area (Å²) >= 11 is 0. The highest BCUT2D eigenvalue weighted by Crippen LogP contribution is 2.35. The van der Waals surface area contributed by atoms with Crippen LogP contribution >= 0.6 is 0 Å². The van der Waals surface area contributed by atoms with E-state index in [0.717, 1.165) is 6.08 Å². The van der Waals surface area contributed by atoms with Crippen molar-refractivity contribution < 1.29 is 79.2 Å². The molecule has 318 valence electrons. The maximum absolute atomic E-state index is 12.3. The van der Waals surface area contributed by atoms with Gasteiger partial charge >= 0.3 is 47.8 Å². The van der Waals surface area contributed by atoms with E-state index in [1.807, 2.05) is 0 Å². The lowest BCUT2D eigenvalue weighted by molar-refractivity contribution is -0.138. The Kier molecular flexibility index (Phi) is 13.5. The van der Waals surface area contributed by atoms with E-state index < -0.39 is 92.7 Å². The molecule has 0 fully saturated rings. The molecule has 1 aliphatic heterocycles. The van der Waals surface area contributed by atoms with E-state index in [-0.39, 0.29) is 107 Å². The second-order valence-electron chi connectivity index (χ2n) is 14.4. The lowest BCUT2D eigenvalue weighted by Gasteiger charge is -2.09. The predicted molar refractivity (Wildman–Crippen MR) is 204 cm³/mol. The smallest absolute Gasteiger partial charge is 0.328 e. The fraction of sp³-hybridized carbons (Fsp3) is 0.350. The summed E-state index contributed by atoms with van der Waals surface area (Å²) in [5.41, 5.74) is 3.85. The fourth-order valence-corrected chi connectivity index (χ4v) is 8.07. The number of rotatable bonds is 19. The molecule has 12 N–H and O–H groups in total. The Hall–Kier alpha value is -7.38. The third-order valence-electron chi connectivity index (χ3n) is 10.4. The summed E-state index contributed by atoms with van der Waals surface area (Å²) in [5.74, 6) is -10.1. The topological polar surface area (TPSA) is 362 Å². The van der Waals surface area contributed by atoms with Crippen LogP contribution in [0.4, 0.5) is 0 Å². The molecule has 0 unspecified atom stereocenters. The molecule has 4 aromatic heterocycles. The number of aliphatic carboxylic acids is 8. The Morgan fingerprint density at radius 3 is 0.933 bits per heavy atom. The Morgan fingerprint density at radius 1 is 0.367 bits per heavy atom. The van der Waals surface area contributed by atoms with Crippen molar-refractivity contribution in [3.8, 4) is 0 Å². The number of nitrogens with one attached hydrogen (secondary N) is 4. The van der Waals surface area contributed by atoms with Crippen molar-refractivity contribution in [3.05, 3.63) is 96.1 Å². The minimum absolute atomic E-state index is 0.125. The monoisotopic (exact) mass is 834 g/mol. The minimum Gasteiger partial charge on any atom is -0.481 e. The highest BCUT2D eigenvalue weighted by atomic mass is 16.4. The summed E-state index contributed by atoms with van der Waals surface area (Å²) in [4.78, 5) is 110. The van der Waals surface area contributed by atoms with E-state index in [9.17, 15) is 79.2 Å². The molecule has 20 nitrogen and oxygen atoms in total. The van der Waals surface area contributed by atoms with Gasteiger partial charge in [0.2, 0.25) is 0 Å². The first-order chi connectivity index (χ1) is 28.3. The molecule has 8 bridgehead atoms. The number of aromatic amines is 4. The van der Waals surface area contributed by atoms with E-state index in [2.05, 4.69) is 19.9 Å². The van der Waals surface area contributed by atoms with Gasteiger partial charge in [-0.3, -0.25) is 33.6 Å². The molecule has 0 saturated heterocycles. The Balaban J connectivity index is 1.92. The molecule has 0 radical (unpaired) electrons. The number of fused-ring (bicyclic) bond motifs is 8. The average molecular weight is 835 g/mol. The van der Waals surface area contributed by atoms with Crippen molar-refractivity contribution in [1.29, 1.82) is 0 Å². The molecule has 0 amide bonds. The first-order valence-electron chi connectivity index (χ1n) is 18.6.